The molecule has 1 unspecified atom stereocenters. The van der Waals surface area contributed by atoms with Crippen molar-refractivity contribution in [2.75, 3.05) is 18.5 Å². The van der Waals surface area contributed by atoms with Crippen LogP contribution in [0.1, 0.15) is 22.0 Å². The fraction of sp³-hybridized carbons (Fsp3) is 0.200. The largest absolute Gasteiger partial charge is 0.477 e. The summed E-state index contributed by atoms with van der Waals surface area (Å²) in [6, 6.07) is 10.5. The molecule has 0 fully saturated rings. The Morgan fingerprint density at radius 3 is 2.57 bits per heavy atom. The molecule has 0 amide bonds. The van der Waals surface area contributed by atoms with Gasteiger partial charge in [0.1, 0.15) is 5.56 Å². The minimum Gasteiger partial charge on any atom is -0.477 e. The number of carboxylic acids is 1. The van der Waals surface area contributed by atoms with Crippen molar-refractivity contribution in [2.45, 2.75) is 6.10 Å². The summed E-state index contributed by atoms with van der Waals surface area (Å²) >= 11 is 0. The lowest BCUT2D eigenvalue weighted by Gasteiger charge is -2.23. The molecule has 6 nitrogen and oxygen atoms in total. The zero-order valence-corrected chi connectivity index (χ0v) is 11.5. The van der Waals surface area contributed by atoms with E-state index in [4.69, 9.17) is 5.11 Å². The Balaban J connectivity index is 2.25. The number of aliphatic hydroxyl groups excluding tert-OH is 1. The molecule has 2 aromatic rings. The second-order valence-corrected chi connectivity index (χ2v) is 4.68. The van der Waals surface area contributed by atoms with Crippen molar-refractivity contribution < 1.29 is 15.0 Å². The molecular formula is C15H16N2O4. The Labute approximate surface area is 121 Å². The molecule has 1 heterocycles. The van der Waals surface area contributed by atoms with Crippen molar-refractivity contribution in [2.24, 2.45) is 0 Å². The van der Waals surface area contributed by atoms with E-state index in [1.807, 2.05) is 18.2 Å². The first-order valence-corrected chi connectivity index (χ1v) is 6.40. The van der Waals surface area contributed by atoms with E-state index in [-0.39, 0.29) is 17.8 Å². The molecule has 3 N–H and O–H groups in total. The average Bonchev–Trinajstić information content (AvgIpc) is 2.47. The highest BCUT2D eigenvalue weighted by molar-refractivity contribution is 5.93. The Bertz CT molecular complexity index is 682. The first kappa shape index (κ1) is 14.8. The third kappa shape index (κ3) is 3.29. The van der Waals surface area contributed by atoms with E-state index >= 15 is 0 Å². The number of aromatic carboxylic acids is 1. The molecule has 0 aliphatic rings. The molecule has 0 radical (unpaired) electrons. The van der Waals surface area contributed by atoms with Crippen molar-refractivity contribution in [3.8, 4) is 0 Å². The fourth-order valence-electron chi connectivity index (χ4n) is 2.13. The highest BCUT2D eigenvalue weighted by Gasteiger charge is 2.19. The van der Waals surface area contributed by atoms with Gasteiger partial charge < -0.3 is 20.1 Å². The van der Waals surface area contributed by atoms with Crippen LogP contribution in [0.2, 0.25) is 0 Å². The molecule has 21 heavy (non-hydrogen) atoms. The SMILES string of the molecule is CN(CC(O)c1ccccc1)c1cc[nH]c(=O)c1C(=O)O. The van der Waals surface area contributed by atoms with Crippen LogP contribution in [0.5, 0.6) is 0 Å². The van der Waals surface area contributed by atoms with Crippen molar-refractivity contribution in [1.82, 2.24) is 4.98 Å². The molecule has 2 rings (SSSR count). The van der Waals surface area contributed by atoms with E-state index in [1.165, 1.54) is 12.3 Å². The Kier molecular flexibility index (Phi) is 4.39. The van der Waals surface area contributed by atoms with Crippen LogP contribution in [-0.2, 0) is 0 Å². The van der Waals surface area contributed by atoms with Gasteiger partial charge in [-0.15, -0.1) is 0 Å². The molecule has 0 spiro atoms. The molecule has 1 aromatic carbocycles. The summed E-state index contributed by atoms with van der Waals surface area (Å²) in [6.45, 7) is 0.174. The van der Waals surface area contributed by atoms with E-state index < -0.39 is 17.6 Å². The van der Waals surface area contributed by atoms with E-state index in [2.05, 4.69) is 4.98 Å². The van der Waals surface area contributed by atoms with Crippen LogP contribution in [0.3, 0.4) is 0 Å². The third-order valence-electron chi connectivity index (χ3n) is 3.20. The maximum absolute atomic E-state index is 11.6. The molecule has 6 heteroatoms. The number of nitrogens with one attached hydrogen (secondary N) is 1. The Morgan fingerprint density at radius 1 is 1.29 bits per heavy atom. The lowest BCUT2D eigenvalue weighted by Crippen LogP contribution is -2.29. The lowest BCUT2D eigenvalue weighted by molar-refractivity contribution is 0.0695. The predicted octanol–water partition coefficient (Wildman–Crippen LogP) is 1.24. The number of aliphatic hydroxyl groups is 1. The minimum atomic E-state index is -1.30. The number of pyridine rings is 1. The van der Waals surface area contributed by atoms with Crippen LogP contribution in [0.25, 0.3) is 0 Å². The smallest absolute Gasteiger partial charge is 0.343 e. The summed E-state index contributed by atoms with van der Waals surface area (Å²) in [6.07, 6.45) is 0.604. The van der Waals surface area contributed by atoms with E-state index in [0.717, 1.165) is 5.56 Å². The maximum Gasteiger partial charge on any atom is 0.343 e. The number of anilines is 1. The van der Waals surface area contributed by atoms with Crippen molar-refractivity contribution in [3.63, 3.8) is 0 Å². The molecule has 0 aliphatic heterocycles. The molecule has 0 bridgehead atoms. The van der Waals surface area contributed by atoms with Gasteiger partial charge in [-0.1, -0.05) is 30.3 Å². The van der Waals surface area contributed by atoms with E-state index in [9.17, 15) is 14.7 Å². The van der Waals surface area contributed by atoms with Crippen LogP contribution in [-0.4, -0.2) is 34.8 Å². The van der Waals surface area contributed by atoms with Crippen LogP contribution in [0, 0.1) is 0 Å². The molecule has 110 valence electrons. The zero-order valence-electron chi connectivity index (χ0n) is 11.5. The highest BCUT2D eigenvalue weighted by Crippen LogP contribution is 2.20. The van der Waals surface area contributed by atoms with Crippen molar-refractivity contribution in [1.29, 1.82) is 0 Å². The van der Waals surface area contributed by atoms with Crippen LogP contribution >= 0.6 is 0 Å². The van der Waals surface area contributed by atoms with Crippen molar-refractivity contribution in [3.05, 3.63) is 64.1 Å². The number of carboxylic acid groups (broad SMARTS) is 1. The van der Waals surface area contributed by atoms with E-state index in [0.29, 0.717) is 0 Å². The number of aromatic amines is 1. The molecule has 0 saturated heterocycles. The van der Waals surface area contributed by atoms with Crippen LogP contribution in [0.4, 0.5) is 5.69 Å². The minimum absolute atomic E-state index is 0.174. The van der Waals surface area contributed by atoms with Gasteiger partial charge in [-0.2, -0.15) is 0 Å². The second kappa shape index (κ2) is 6.23. The molecule has 0 aliphatic carbocycles. The van der Waals surface area contributed by atoms with Gasteiger partial charge in [0.05, 0.1) is 11.8 Å². The molecule has 0 saturated carbocycles. The lowest BCUT2D eigenvalue weighted by atomic mass is 10.1. The third-order valence-corrected chi connectivity index (χ3v) is 3.20. The number of hydrogen-bond donors (Lipinski definition) is 3. The fourth-order valence-corrected chi connectivity index (χ4v) is 2.13. The first-order valence-electron chi connectivity index (χ1n) is 6.40. The van der Waals surface area contributed by atoms with Gasteiger partial charge in [0.25, 0.3) is 5.56 Å². The number of nitrogens with zero attached hydrogens (tertiary/aromatic N) is 1. The predicted molar refractivity (Wildman–Crippen MR) is 78.7 cm³/mol. The number of aromatic nitrogens is 1. The van der Waals surface area contributed by atoms with Gasteiger partial charge in [-0.25, -0.2) is 4.79 Å². The Morgan fingerprint density at radius 2 is 1.95 bits per heavy atom. The summed E-state index contributed by atoms with van der Waals surface area (Å²) in [5.41, 5.74) is -0.00592. The van der Waals surface area contributed by atoms with Gasteiger partial charge in [0.2, 0.25) is 0 Å². The summed E-state index contributed by atoms with van der Waals surface area (Å²) in [7, 11) is 1.63. The van der Waals surface area contributed by atoms with Gasteiger partial charge >= 0.3 is 5.97 Å². The Hall–Kier alpha value is -2.60. The molecular weight excluding hydrogens is 272 g/mol. The molecule has 1 atom stereocenters. The number of benzene rings is 1. The van der Waals surface area contributed by atoms with Gasteiger partial charge in [0.15, 0.2) is 0 Å². The second-order valence-electron chi connectivity index (χ2n) is 4.68. The average molecular weight is 288 g/mol. The molecule has 1 aromatic heterocycles. The first-order chi connectivity index (χ1) is 10.0. The summed E-state index contributed by atoms with van der Waals surface area (Å²) in [4.78, 5) is 26.7. The summed E-state index contributed by atoms with van der Waals surface area (Å²) in [5.74, 6) is -1.30. The standard InChI is InChI=1S/C15H16N2O4/c1-17(9-12(18)10-5-3-2-4-6-10)11-7-8-16-14(19)13(11)15(20)21/h2-8,12,18H,9H2,1H3,(H,16,19)(H,20,21). The van der Waals surface area contributed by atoms with Gasteiger partial charge in [0, 0.05) is 19.8 Å². The van der Waals surface area contributed by atoms with E-state index in [1.54, 1.807) is 24.1 Å². The van der Waals surface area contributed by atoms with Crippen LogP contribution in [0.15, 0.2) is 47.4 Å². The van der Waals surface area contributed by atoms with Crippen molar-refractivity contribution >= 4 is 11.7 Å². The summed E-state index contributed by atoms with van der Waals surface area (Å²) in [5, 5.41) is 19.3. The maximum atomic E-state index is 11.6. The quantitative estimate of drug-likeness (QED) is 0.769. The topological polar surface area (TPSA) is 93.6 Å². The van der Waals surface area contributed by atoms with Gasteiger partial charge in [-0.05, 0) is 11.6 Å². The number of rotatable bonds is 5. The number of H-pyrrole nitrogens is 1. The normalized spacial score (nSPS) is 11.9. The monoisotopic (exact) mass is 288 g/mol. The summed E-state index contributed by atoms with van der Waals surface area (Å²) < 4.78 is 0. The van der Waals surface area contributed by atoms with Crippen LogP contribution < -0.4 is 10.5 Å². The number of hydrogen-bond acceptors (Lipinski definition) is 4. The van der Waals surface area contributed by atoms with Gasteiger partial charge in [-0.3, -0.25) is 4.79 Å². The highest BCUT2D eigenvalue weighted by atomic mass is 16.4. The number of carbonyl (C=O) groups is 1. The zero-order chi connectivity index (χ0) is 15.4. The number of likely N-dealkylation sites (N-methyl/N-ethyl adjacent to an activating group) is 1.